The minimum atomic E-state index is 0.0548. The Morgan fingerprint density at radius 3 is 2.79 bits per heavy atom. The molecule has 0 aromatic carbocycles. The molecule has 0 aliphatic rings. The van der Waals surface area contributed by atoms with Crippen molar-refractivity contribution in [1.29, 1.82) is 0 Å². The molecular formula is C9H17ClN4. The summed E-state index contributed by atoms with van der Waals surface area (Å²) in [5.41, 5.74) is 1.01. The predicted octanol–water partition coefficient (Wildman–Crippen LogP) is 1.31. The van der Waals surface area contributed by atoms with E-state index in [1.165, 1.54) is 0 Å². The first-order valence-electron chi connectivity index (χ1n) is 4.70. The number of nitrogens with one attached hydrogen (secondary N) is 1. The average Bonchev–Trinajstić information content (AvgIpc) is 2.48. The van der Waals surface area contributed by atoms with Crippen molar-refractivity contribution in [1.82, 2.24) is 20.3 Å². The summed E-state index contributed by atoms with van der Waals surface area (Å²) in [5.74, 6) is 0.667. The number of aryl methyl sites for hydroxylation is 1. The maximum absolute atomic E-state index is 5.70. The van der Waals surface area contributed by atoms with Crippen LogP contribution < -0.4 is 5.32 Å². The van der Waals surface area contributed by atoms with Crippen molar-refractivity contribution in [2.75, 3.05) is 5.88 Å². The average molecular weight is 217 g/mol. The van der Waals surface area contributed by atoms with E-state index < -0.39 is 0 Å². The lowest BCUT2D eigenvalue weighted by atomic mass is 10.0. The Labute approximate surface area is 89.6 Å². The highest BCUT2D eigenvalue weighted by Gasteiger charge is 2.16. The lowest BCUT2D eigenvalue weighted by molar-refractivity contribution is 0.374. The maximum Gasteiger partial charge on any atom is 0.0964 e. The molecule has 14 heavy (non-hydrogen) atoms. The zero-order chi connectivity index (χ0) is 10.6. The van der Waals surface area contributed by atoms with Crippen LogP contribution in [0.3, 0.4) is 0 Å². The van der Waals surface area contributed by atoms with Crippen LogP contribution in [-0.2, 0) is 13.6 Å². The van der Waals surface area contributed by atoms with Crippen LogP contribution >= 0.6 is 11.6 Å². The molecule has 5 heteroatoms. The van der Waals surface area contributed by atoms with Crippen LogP contribution in [-0.4, -0.2) is 26.4 Å². The summed E-state index contributed by atoms with van der Waals surface area (Å²) in [5, 5.41) is 11.2. The van der Waals surface area contributed by atoms with Crippen LogP contribution in [0.15, 0.2) is 6.20 Å². The minimum Gasteiger partial charge on any atom is -0.306 e. The van der Waals surface area contributed by atoms with Gasteiger partial charge in [-0.15, -0.1) is 16.7 Å². The zero-order valence-corrected chi connectivity index (χ0v) is 9.67. The number of hydrogen-bond acceptors (Lipinski definition) is 3. The zero-order valence-electron chi connectivity index (χ0n) is 8.92. The third-order valence-corrected chi connectivity index (χ3v) is 2.31. The fourth-order valence-corrected chi connectivity index (χ4v) is 1.60. The molecule has 0 atom stereocenters. The van der Waals surface area contributed by atoms with Crippen molar-refractivity contribution in [3.63, 3.8) is 0 Å². The molecule has 0 saturated carbocycles. The van der Waals surface area contributed by atoms with E-state index in [1.54, 1.807) is 4.68 Å². The van der Waals surface area contributed by atoms with E-state index in [1.807, 2.05) is 13.2 Å². The van der Waals surface area contributed by atoms with Gasteiger partial charge in [0, 0.05) is 31.2 Å². The lowest BCUT2D eigenvalue weighted by Gasteiger charge is -2.24. The highest BCUT2D eigenvalue weighted by molar-refractivity contribution is 6.17. The first-order chi connectivity index (χ1) is 6.53. The number of halogens is 1. The van der Waals surface area contributed by atoms with Gasteiger partial charge < -0.3 is 5.32 Å². The largest absolute Gasteiger partial charge is 0.306 e. The molecule has 0 aliphatic heterocycles. The lowest BCUT2D eigenvalue weighted by Crippen LogP contribution is -2.39. The Hall–Kier alpha value is -0.610. The quantitative estimate of drug-likeness (QED) is 0.755. The Morgan fingerprint density at radius 2 is 2.29 bits per heavy atom. The normalized spacial score (nSPS) is 12.0. The first-order valence-corrected chi connectivity index (χ1v) is 5.23. The summed E-state index contributed by atoms with van der Waals surface area (Å²) in [6, 6.07) is 0. The van der Waals surface area contributed by atoms with E-state index in [0.717, 1.165) is 18.7 Å². The van der Waals surface area contributed by atoms with Crippen molar-refractivity contribution in [2.24, 2.45) is 7.05 Å². The van der Waals surface area contributed by atoms with E-state index in [2.05, 4.69) is 29.5 Å². The Kier molecular flexibility index (Phi) is 3.89. The smallest absolute Gasteiger partial charge is 0.0964 e. The molecule has 0 fully saturated rings. The fraction of sp³-hybridized carbons (Fsp3) is 0.778. The van der Waals surface area contributed by atoms with Gasteiger partial charge in [-0.05, 0) is 20.3 Å². The van der Waals surface area contributed by atoms with E-state index in [-0.39, 0.29) is 5.54 Å². The Balaban J connectivity index is 2.40. The van der Waals surface area contributed by atoms with Crippen molar-refractivity contribution in [3.8, 4) is 0 Å². The molecule has 0 radical (unpaired) electrons. The molecular weight excluding hydrogens is 200 g/mol. The minimum absolute atomic E-state index is 0.0548. The van der Waals surface area contributed by atoms with E-state index in [9.17, 15) is 0 Å². The fourth-order valence-electron chi connectivity index (χ4n) is 1.13. The summed E-state index contributed by atoms with van der Waals surface area (Å²) >= 11 is 5.70. The number of hydrogen-bond donors (Lipinski definition) is 1. The monoisotopic (exact) mass is 216 g/mol. The van der Waals surface area contributed by atoms with Crippen LogP contribution in [0.1, 0.15) is 26.0 Å². The molecule has 0 spiro atoms. The third kappa shape index (κ3) is 3.64. The molecule has 0 unspecified atom stereocenters. The number of rotatable bonds is 5. The topological polar surface area (TPSA) is 42.7 Å². The van der Waals surface area contributed by atoms with Crippen molar-refractivity contribution >= 4 is 11.6 Å². The number of aromatic nitrogens is 3. The molecule has 1 N–H and O–H groups in total. The molecule has 0 aliphatic carbocycles. The summed E-state index contributed by atoms with van der Waals surface area (Å²) < 4.78 is 1.70. The van der Waals surface area contributed by atoms with Crippen molar-refractivity contribution in [3.05, 3.63) is 11.9 Å². The summed E-state index contributed by atoms with van der Waals surface area (Å²) in [7, 11) is 1.86. The Bertz CT molecular complexity index is 282. The van der Waals surface area contributed by atoms with Crippen LogP contribution in [0.5, 0.6) is 0 Å². The molecule has 1 aromatic rings. The van der Waals surface area contributed by atoms with Crippen LogP contribution in [0.2, 0.25) is 0 Å². The van der Waals surface area contributed by atoms with Crippen molar-refractivity contribution in [2.45, 2.75) is 32.4 Å². The van der Waals surface area contributed by atoms with Crippen molar-refractivity contribution < 1.29 is 0 Å². The van der Waals surface area contributed by atoms with E-state index >= 15 is 0 Å². The second kappa shape index (κ2) is 4.75. The predicted molar refractivity (Wildman–Crippen MR) is 57.3 cm³/mol. The second-order valence-corrected chi connectivity index (χ2v) is 4.44. The molecule has 1 rings (SSSR count). The van der Waals surface area contributed by atoms with Gasteiger partial charge in [-0.1, -0.05) is 5.21 Å². The van der Waals surface area contributed by atoms with Crippen LogP contribution in [0.25, 0.3) is 0 Å². The van der Waals surface area contributed by atoms with Gasteiger partial charge in [0.1, 0.15) is 0 Å². The SMILES string of the molecule is Cn1cc(CNC(C)(C)CCCl)nn1. The van der Waals surface area contributed by atoms with E-state index in [0.29, 0.717) is 5.88 Å². The van der Waals surface area contributed by atoms with Gasteiger partial charge in [-0.3, -0.25) is 4.68 Å². The molecule has 80 valence electrons. The molecule has 0 bridgehead atoms. The van der Waals surface area contributed by atoms with Gasteiger partial charge in [0.05, 0.1) is 5.69 Å². The third-order valence-electron chi connectivity index (χ3n) is 2.12. The van der Waals surface area contributed by atoms with Gasteiger partial charge in [0.15, 0.2) is 0 Å². The summed E-state index contributed by atoms with van der Waals surface area (Å²) in [4.78, 5) is 0. The van der Waals surface area contributed by atoms with Gasteiger partial charge in [-0.2, -0.15) is 0 Å². The maximum atomic E-state index is 5.70. The summed E-state index contributed by atoms with van der Waals surface area (Å²) in [6.07, 6.45) is 2.85. The molecule has 1 aromatic heterocycles. The van der Waals surface area contributed by atoms with Crippen LogP contribution in [0, 0.1) is 0 Å². The van der Waals surface area contributed by atoms with Crippen LogP contribution in [0.4, 0.5) is 0 Å². The highest BCUT2D eigenvalue weighted by Crippen LogP contribution is 2.09. The second-order valence-electron chi connectivity index (χ2n) is 4.06. The van der Waals surface area contributed by atoms with Gasteiger partial charge in [0.2, 0.25) is 0 Å². The van der Waals surface area contributed by atoms with E-state index in [4.69, 9.17) is 11.6 Å². The number of nitrogens with zero attached hydrogens (tertiary/aromatic N) is 3. The molecule has 4 nitrogen and oxygen atoms in total. The van der Waals surface area contributed by atoms with Gasteiger partial charge in [0.25, 0.3) is 0 Å². The van der Waals surface area contributed by atoms with Gasteiger partial charge in [-0.25, -0.2) is 0 Å². The molecule has 0 saturated heterocycles. The Morgan fingerprint density at radius 1 is 1.57 bits per heavy atom. The standard InChI is InChI=1S/C9H17ClN4/c1-9(2,4-5-10)11-6-8-7-14(3)13-12-8/h7,11H,4-6H2,1-3H3. The number of alkyl halides is 1. The first kappa shape index (κ1) is 11.5. The summed E-state index contributed by atoms with van der Waals surface area (Å²) in [6.45, 7) is 5.00. The molecule has 1 heterocycles. The van der Waals surface area contributed by atoms with Gasteiger partial charge >= 0.3 is 0 Å². The highest BCUT2D eigenvalue weighted by atomic mass is 35.5. The molecule has 0 amide bonds.